The smallest absolute Gasteiger partial charge is 0.262 e. The Balaban J connectivity index is 1.70. The Bertz CT molecular complexity index is 933. The van der Waals surface area contributed by atoms with Crippen LogP contribution in [-0.2, 0) is 20.7 Å². The molecular formula is C26H35ClN2O3S. The van der Waals surface area contributed by atoms with E-state index in [-0.39, 0.29) is 11.5 Å². The Kier molecular flexibility index (Phi) is 13.1. The number of hydrogen-bond acceptors (Lipinski definition) is 5. The molecular weight excluding hydrogens is 456 g/mol. The van der Waals surface area contributed by atoms with Crippen LogP contribution in [0.2, 0.25) is 0 Å². The molecule has 33 heavy (non-hydrogen) atoms. The first-order valence-electron chi connectivity index (χ1n) is 11.7. The molecule has 1 aromatic carbocycles. The number of fused-ring (bicyclic) bond motifs is 1. The molecule has 180 valence electrons. The van der Waals surface area contributed by atoms with Gasteiger partial charge >= 0.3 is 0 Å². The summed E-state index contributed by atoms with van der Waals surface area (Å²) in [4.78, 5) is 13.3. The van der Waals surface area contributed by atoms with Crippen molar-refractivity contribution in [3.05, 3.63) is 40.3 Å². The Hall–Kier alpha value is -1.91. The minimum atomic E-state index is -0.382. The first-order valence-corrected chi connectivity index (χ1v) is 13.0. The number of ether oxygens (including phenoxy) is 2. The molecule has 5 nitrogen and oxygen atoms in total. The Morgan fingerprint density at radius 1 is 1.12 bits per heavy atom. The van der Waals surface area contributed by atoms with Crippen LogP contribution in [0.1, 0.15) is 50.0 Å². The lowest BCUT2D eigenvalue weighted by Gasteiger charge is -2.07. The van der Waals surface area contributed by atoms with E-state index in [4.69, 9.17) is 21.1 Å². The SMILES string of the molecule is CC(C)Cc1ccc2cc(/C=C(\C#N)C(=O)NCCOCCOCCCCCCCl)sc2c1. The summed E-state index contributed by atoms with van der Waals surface area (Å²) in [6.07, 6.45) is 7.06. The van der Waals surface area contributed by atoms with Gasteiger partial charge < -0.3 is 14.8 Å². The van der Waals surface area contributed by atoms with Crippen molar-refractivity contribution in [3.63, 3.8) is 0 Å². The van der Waals surface area contributed by atoms with E-state index in [9.17, 15) is 10.1 Å². The molecule has 2 aromatic rings. The third kappa shape index (κ3) is 10.7. The summed E-state index contributed by atoms with van der Waals surface area (Å²) in [5, 5.41) is 13.3. The highest BCUT2D eigenvalue weighted by molar-refractivity contribution is 7.19. The van der Waals surface area contributed by atoms with Crippen LogP contribution in [0.3, 0.4) is 0 Å². The van der Waals surface area contributed by atoms with Gasteiger partial charge in [0.05, 0.1) is 19.8 Å². The molecule has 1 aromatic heterocycles. The minimum absolute atomic E-state index is 0.0986. The van der Waals surface area contributed by atoms with Crippen LogP contribution in [0, 0.1) is 17.2 Å². The van der Waals surface area contributed by atoms with Crippen LogP contribution in [-0.4, -0.2) is 44.8 Å². The van der Waals surface area contributed by atoms with Gasteiger partial charge in [-0.25, -0.2) is 0 Å². The number of nitriles is 1. The molecule has 1 heterocycles. The monoisotopic (exact) mass is 490 g/mol. The van der Waals surface area contributed by atoms with Crippen molar-refractivity contribution in [1.82, 2.24) is 5.32 Å². The zero-order valence-electron chi connectivity index (χ0n) is 19.7. The van der Waals surface area contributed by atoms with E-state index in [1.165, 1.54) is 10.3 Å². The third-order valence-electron chi connectivity index (χ3n) is 4.98. The highest BCUT2D eigenvalue weighted by Gasteiger charge is 2.10. The number of amides is 1. The molecule has 0 saturated carbocycles. The topological polar surface area (TPSA) is 71.4 Å². The second-order valence-electron chi connectivity index (χ2n) is 8.37. The summed E-state index contributed by atoms with van der Waals surface area (Å²) in [5.74, 6) is 0.942. The number of carbonyl (C=O) groups excluding carboxylic acids is 1. The molecule has 7 heteroatoms. The van der Waals surface area contributed by atoms with Crippen LogP contribution in [0.5, 0.6) is 0 Å². The number of halogens is 1. The zero-order valence-corrected chi connectivity index (χ0v) is 21.3. The largest absolute Gasteiger partial charge is 0.379 e. The average Bonchev–Trinajstić information content (AvgIpc) is 3.19. The lowest BCUT2D eigenvalue weighted by molar-refractivity contribution is -0.117. The van der Waals surface area contributed by atoms with E-state index in [0.717, 1.165) is 54.9 Å². The number of hydrogen-bond donors (Lipinski definition) is 1. The van der Waals surface area contributed by atoms with Crippen molar-refractivity contribution in [3.8, 4) is 6.07 Å². The number of alkyl halides is 1. The number of thiophene rings is 1. The molecule has 0 aliphatic rings. The fourth-order valence-corrected chi connectivity index (χ4v) is 4.62. The number of rotatable bonds is 16. The van der Waals surface area contributed by atoms with Gasteiger partial charge in [-0.3, -0.25) is 4.79 Å². The maximum Gasteiger partial charge on any atom is 0.262 e. The van der Waals surface area contributed by atoms with Gasteiger partial charge in [0.25, 0.3) is 5.91 Å². The van der Waals surface area contributed by atoms with Crippen molar-refractivity contribution < 1.29 is 14.3 Å². The summed E-state index contributed by atoms with van der Waals surface area (Å²) < 4.78 is 12.2. The fourth-order valence-electron chi connectivity index (χ4n) is 3.36. The Morgan fingerprint density at radius 2 is 1.88 bits per heavy atom. The molecule has 0 bridgehead atoms. The molecule has 0 fully saturated rings. The average molecular weight is 491 g/mol. The highest BCUT2D eigenvalue weighted by Crippen LogP contribution is 2.29. The van der Waals surface area contributed by atoms with Gasteiger partial charge in [-0.1, -0.05) is 38.8 Å². The number of nitrogens with zero attached hydrogens (tertiary/aromatic N) is 1. The molecule has 0 aliphatic carbocycles. The lowest BCUT2D eigenvalue weighted by atomic mass is 10.0. The standard InChI is InChI=1S/C26H35ClN2O3S/c1-20(2)15-21-7-8-22-17-24(33-25(22)16-21)18-23(19-28)26(30)29-10-12-32-14-13-31-11-6-4-3-5-9-27/h7-8,16-18,20H,3-6,9-15H2,1-2H3,(H,29,30)/b23-18+. The Labute approximate surface area is 206 Å². The number of unbranched alkanes of at least 4 members (excludes halogenated alkanes) is 3. The number of carbonyl (C=O) groups is 1. The van der Waals surface area contributed by atoms with Gasteiger partial charge in [-0.15, -0.1) is 22.9 Å². The zero-order chi connectivity index (χ0) is 23.9. The summed E-state index contributed by atoms with van der Waals surface area (Å²) in [7, 11) is 0. The molecule has 0 atom stereocenters. The van der Waals surface area contributed by atoms with E-state index in [0.29, 0.717) is 32.3 Å². The van der Waals surface area contributed by atoms with Crippen molar-refractivity contribution >= 4 is 45.0 Å². The fraction of sp³-hybridized carbons (Fsp3) is 0.538. The maximum atomic E-state index is 12.4. The van der Waals surface area contributed by atoms with Gasteiger partial charge in [-0.2, -0.15) is 5.26 Å². The normalized spacial score (nSPS) is 11.8. The molecule has 2 rings (SSSR count). The predicted molar refractivity (Wildman–Crippen MR) is 138 cm³/mol. The van der Waals surface area contributed by atoms with Gasteiger partial charge in [0, 0.05) is 28.6 Å². The molecule has 0 saturated heterocycles. The summed E-state index contributed by atoms with van der Waals surface area (Å²) in [5.41, 5.74) is 1.40. The van der Waals surface area contributed by atoms with Crippen molar-refractivity contribution in [1.29, 1.82) is 5.26 Å². The molecule has 0 radical (unpaired) electrons. The van der Waals surface area contributed by atoms with Gasteiger partial charge in [-0.05, 0) is 54.3 Å². The van der Waals surface area contributed by atoms with Crippen molar-refractivity contribution in [2.75, 3.05) is 38.9 Å². The van der Waals surface area contributed by atoms with E-state index < -0.39 is 0 Å². The second-order valence-corrected chi connectivity index (χ2v) is 9.87. The van der Waals surface area contributed by atoms with Crippen LogP contribution < -0.4 is 5.32 Å². The van der Waals surface area contributed by atoms with E-state index >= 15 is 0 Å². The quantitative estimate of drug-likeness (QED) is 0.136. The summed E-state index contributed by atoms with van der Waals surface area (Å²) in [6, 6.07) is 10.5. The van der Waals surface area contributed by atoms with Crippen LogP contribution in [0.4, 0.5) is 0 Å². The van der Waals surface area contributed by atoms with Crippen LogP contribution >= 0.6 is 22.9 Å². The number of nitrogens with one attached hydrogen (secondary N) is 1. The first-order chi connectivity index (χ1) is 16.0. The van der Waals surface area contributed by atoms with E-state index in [1.54, 1.807) is 17.4 Å². The Morgan fingerprint density at radius 3 is 2.61 bits per heavy atom. The number of benzene rings is 1. The highest BCUT2D eigenvalue weighted by atomic mass is 35.5. The van der Waals surface area contributed by atoms with Crippen molar-refractivity contribution in [2.45, 2.75) is 46.0 Å². The first kappa shape index (κ1) is 27.3. The summed E-state index contributed by atoms with van der Waals surface area (Å²) >= 11 is 7.24. The van der Waals surface area contributed by atoms with Gasteiger partial charge in [0.15, 0.2) is 0 Å². The second kappa shape index (κ2) is 15.8. The van der Waals surface area contributed by atoms with E-state index in [2.05, 4.69) is 37.4 Å². The molecule has 1 N–H and O–H groups in total. The van der Waals surface area contributed by atoms with Gasteiger partial charge in [0.2, 0.25) is 0 Å². The molecule has 1 amide bonds. The third-order valence-corrected chi connectivity index (χ3v) is 6.29. The van der Waals surface area contributed by atoms with Gasteiger partial charge in [0.1, 0.15) is 11.6 Å². The predicted octanol–water partition coefficient (Wildman–Crippen LogP) is 5.96. The van der Waals surface area contributed by atoms with Crippen LogP contribution in [0.15, 0.2) is 29.8 Å². The molecule has 0 aliphatic heterocycles. The lowest BCUT2D eigenvalue weighted by Crippen LogP contribution is -2.28. The van der Waals surface area contributed by atoms with Crippen LogP contribution in [0.25, 0.3) is 16.2 Å². The minimum Gasteiger partial charge on any atom is -0.379 e. The van der Waals surface area contributed by atoms with E-state index in [1.807, 2.05) is 12.1 Å². The maximum absolute atomic E-state index is 12.4. The molecule has 0 spiro atoms. The van der Waals surface area contributed by atoms with Crippen molar-refractivity contribution in [2.24, 2.45) is 5.92 Å². The molecule has 0 unspecified atom stereocenters. The summed E-state index contributed by atoms with van der Waals surface area (Å²) in [6.45, 7) is 6.89.